The van der Waals surface area contributed by atoms with Gasteiger partial charge < -0.3 is 10.6 Å². The second kappa shape index (κ2) is 6.48. The number of alkyl halides is 3. The van der Waals surface area contributed by atoms with Gasteiger partial charge in [0.1, 0.15) is 5.41 Å². The highest BCUT2D eigenvalue weighted by Gasteiger charge is 2.56. The van der Waals surface area contributed by atoms with Crippen LogP contribution >= 0.6 is 0 Å². The molecule has 1 aliphatic rings. The first-order valence-electron chi connectivity index (χ1n) is 8.08. The fourth-order valence-electron chi connectivity index (χ4n) is 2.74. The van der Waals surface area contributed by atoms with Gasteiger partial charge >= 0.3 is 6.18 Å². The number of carbonyl (C=O) groups excluding carboxylic acids is 2. The molecule has 3 rings (SSSR count). The van der Waals surface area contributed by atoms with Gasteiger partial charge in [-0.15, -0.1) is 0 Å². The molecule has 1 aliphatic carbocycles. The molecule has 4 nitrogen and oxygen atoms in total. The van der Waals surface area contributed by atoms with Gasteiger partial charge in [-0.25, -0.2) is 0 Å². The first-order chi connectivity index (χ1) is 12.2. The van der Waals surface area contributed by atoms with Crippen LogP contribution in [0.2, 0.25) is 0 Å². The predicted octanol–water partition coefficient (Wildman–Crippen LogP) is 4.37. The molecule has 0 bridgehead atoms. The Hall–Kier alpha value is -2.83. The summed E-state index contributed by atoms with van der Waals surface area (Å²) >= 11 is 0. The van der Waals surface area contributed by atoms with Crippen LogP contribution in [0.3, 0.4) is 0 Å². The first-order valence-corrected chi connectivity index (χ1v) is 8.08. The van der Waals surface area contributed by atoms with Crippen LogP contribution in [0, 0.1) is 12.3 Å². The normalized spacial score (nSPS) is 15.2. The number of amides is 2. The third kappa shape index (κ3) is 3.56. The van der Waals surface area contributed by atoms with E-state index in [9.17, 15) is 22.8 Å². The van der Waals surface area contributed by atoms with Crippen LogP contribution in [0.4, 0.5) is 24.5 Å². The summed E-state index contributed by atoms with van der Waals surface area (Å²) in [4.78, 5) is 25.1. The van der Waals surface area contributed by atoms with Crippen molar-refractivity contribution in [3.8, 4) is 0 Å². The molecule has 136 valence electrons. The van der Waals surface area contributed by atoms with Crippen molar-refractivity contribution in [1.29, 1.82) is 0 Å². The minimum absolute atomic E-state index is 0.296. The maximum Gasteiger partial charge on any atom is 0.418 e. The van der Waals surface area contributed by atoms with Crippen LogP contribution in [-0.4, -0.2) is 11.8 Å². The van der Waals surface area contributed by atoms with Gasteiger partial charge in [0.25, 0.3) is 0 Å². The summed E-state index contributed by atoms with van der Waals surface area (Å²) in [5.74, 6) is -1.23. The third-order valence-corrected chi connectivity index (χ3v) is 4.38. The Morgan fingerprint density at radius 2 is 1.62 bits per heavy atom. The summed E-state index contributed by atoms with van der Waals surface area (Å²) in [5.41, 5.74) is -1.13. The highest BCUT2D eigenvalue weighted by Crippen LogP contribution is 2.48. The molecule has 7 heteroatoms. The van der Waals surface area contributed by atoms with E-state index in [1.807, 2.05) is 13.0 Å². The predicted molar refractivity (Wildman–Crippen MR) is 91.5 cm³/mol. The molecule has 0 radical (unpaired) electrons. The molecule has 0 atom stereocenters. The van der Waals surface area contributed by atoms with Gasteiger partial charge in [0.15, 0.2) is 0 Å². The molecular formula is C19H17F3N2O2. The number of halogens is 3. The number of rotatable bonds is 4. The molecule has 0 heterocycles. The Morgan fingerprint density at radius 1 is 0.962 bits per heavy atom. The Labute approximate surface area is 148 Å². The van der Waals surface area contributed by atoms with Crippen molar-refractivity contribution in [2.75, 3.05) is 10.6 Å². The maximum absolute atomic E-state index is 13.1. The highest BCUT2D eigenvalue weighted by atomic mass is 19.4. The lowest BCUT2D eigenvalue weighted by molar-refractivity contribution is -0.137. The van der Waals surface area contributed by atoms with Gasteiger partial charge in [-0.05, 0) is 49.6 Å². The largest absolute Gasteiger partial charge is 0.418 e. The maximum atomic E-state index is 13.1. The topological polar surface area (TPSA) is 58.2 Å². The van der Waals surface area contributed by atoms with Crippen LogP contribution in [0.25, 0.3) is 0 Å². The van der Waals surface area contributed by atoms with Crippen molar-refractivity contribution < 1.29 is 22.8 Å². The summed E-state index contributed by atoms with van der Waals surface area (Å²) in [7, 11) is 0. The van der Waals surface area contributed by atoms with Crippen LogP contribution in [0.5, 0.6) is 0 Å². The minimum Gasteiger partial charge on any atom is -0.325 e. The highest BCUT2D eigenvalue weighted by molar-refractivity contribution is 6.17. The number of anilines is 2. The zero-order valence-electron chi connectivity index (χ0n) is 14.0. The molecule has 1 saturated carbocycles. The van der Waals surface area contributed by atoms with Crippen LogP contribution in [0.1, 0.15) is 24.0 Å². The fourth-order valence-corrected chi connectivity index (χ4v) is 2.74. The number of para-hydroxylation sites is 1. The average Bonchev–Trinajstić information content (AvgIpc) is 3.36. The lowest BCUT2D eigenvalue weighted by Crippen LogP contribution is -2.36. The Kier molecular flexibility index (Phi) is 4.48. The van der Waals surface area contributed by atoms with Crippen molar-refractivity contribution in [2.45, 2.75) is 25.9 Å². The van der Waals surface area contributed by atoms with Gasteiger partial charge in [-0.2, -0.15) is 13.2 Å². The molecule has 2 aromatic carbocycles. The number of aryl methyl sites for hydroxylation is 1. The average molecular weight is 362 g/mol. The quantitative estimate of drug-likeness (QED) is 0.794. The van der Waals surface area contributed by atoms with E-state index in [0.29, 0.717) is 18.5 Å². The Bertz CT molecular complexity index is 858. The molecular weight excluding hydrogens is 345 g/mol. The van der Waals surface area contributed by atoms with E-state index >= 15 is 0 Å². The number of carbonyl (C=O) groups is 2. The molecule has 0 unspecified atom stereocenters. The van der Waals surface area contributed by atoms with Crippen molar-refractivity contribution in [2.24, 2.45) is 5.41 Å². The SMILES string of the molecule is Cc1cccc(NC(=O)C2(C(=O)Nc3ccccc3C(F)(F)F)CC2)c1. The molecule has 2 aromatic rings. The standard InChI is InChI=1S/C19H17F3N2O2/c1-12-5-4-6-13(11-12)23-16(25)18(9-10-18)17(26)24-15-8-3-2-7-14(15)19(20,21)22/h2-8,11H,9-10H2,1H3,(H,23,25)(H,24,26). The Balaban J connectivity index is 1.77. The Morgan fingerprint density at radius 3 is 2.23 bits per heavy atom. The number of hydrogen-bond acceptors (Lipinski definition) is 2. The number of nitrogens with one attached hydrogen (secondary N) is 2. The van der Waals surface area contributed by atoms with Crippen LogP contribution in [-0.2, 0) is 15.8 Å². The first kappa shape index (κ1) is 18.0. The number of benzene rings is 2. The van der Waals surface area contributed by atoms with E-state index in [1.165, 1.54) is 18.2 Å². The van der Waals surface area contributed by atoms with E-state index in [1.54, 1.807) is 18.2 Å². The van der Waals surface area contributed by atoms with Gasteiger partial charge in [-0.3, -0.25) is 9.59 Å². The van der Waals surface area contributed by atoms with E-state index in [-0.39, 0.29) is 5.69 Å². The fraction of sp³-hybridized carbons (Fsp3) is 0.263. The van der Waals surface area contributed by atoms with E-state index in [2.05, 4.69) is 10.6 Å². The molecule has 0 aliphatic heterocycles. The number of hydrogen-bond donors (Lipinski definition) is 2. The third-order valence-electron chi connectivity index (χ3n) is 4.38. The molecule has 2 amide bonds. The molecule has 0 saturated heterocycles. The van der Waals surface area contributed by atoms with E-state index < -0.39 is 29.0 Å². The lowest BCUT2D eigenvalue weighted by atomic mass is 10.0. The van der Waals surface area contributed by atoms with Crippen molar-refractivity contribution in [3.63, 3.8) is 0 Å². The zero-order chi connectivity index (χ0) is 18.9. The summed E-state index contributed by atoms with van der Waals surface area (Å²) in [6.45, 7) is 1.86. The van der Waals surface area contributed by atoms with E-state index in [0.717, 1.165) is 11.6 Å². The molecule has 26 heavy (non-hydrogen) atoms. The van der Waals surface area contributed by atoms with Crippen molar-refractivity contribution >= 4 is 23.2 Å². The van der Waals surface area contributed by atoms with Gasteiger partial charge in [0.2, 0.25) is 11.8 Å². The second-order valence-electron chi connectivity index (χ2n) is 6.40. The summed E-state index contributed by atoms with van der Waals surface area (Å²) in [6.07, 6.45) is -4.00. The molecule has 1 fully saturated rings. The zero-order valence-corrected chi connectivity index (χ0v) is 14.0. The lowest BCUT2D eigenvalue weighted by Gasteiger charge is -2.18. The van der Waals surface area contributed by atoms with Gasteiger partial charge in [0, 0.05) is 5.69 Å². The monoisotopic (exact) mass is 362 g/mol. The smallest absolute Gasteiger partial charge is 0.325 e. The van der Waals surface area contributed by atoms with Crippen molar-refractivity contribution in [1.82, 2.24) is 0 Å². The summed E-state index contributed by atoms with van der Waals surface area (Å²) in [5, 5.41) is 4.95. The minimum atomic E-state index is -4.59. The molecule has 0 aromatic heterocycles. The van der Waals surface area contributed by atoms with E-state index in [4.69, 9.17) is 0 Å². The second-order valence-corrected chi connectivity index (χ2v) is 6.40. The van der Waals surface area contributed by atoms with Crippen molar-refractivity contribution in [3.05, 3.63) is 59.7 Å². The van der Waals surface area contributed by atoms with Gasteiger partial charge in [-0.1, -0.05) is 24.3 Å². The molecule has 2 N–H and O–H groups in total. The van der Waals surface area contributed by atoms with Gasteiger partial charge in [0.05, 0.1) is 11.3 Å². The molecule has 0 spiro atoms. The van der Waals surface area contributed by atoms with Crippen LogP contribution < -0.4 is 10.6 Å². The summed E-state index contributed by atoms with van der Waals surface area (Å²) in [6, 6.07) is 11.8. The van der Waals surface area contributed by atoms with Crippen LogP contribution in [0.15, 0.2) is 48.5 Å². The summed E-state index contributed by atoms with van der Waals surface area (Å²) < 4.78 is 39.2.